The van der Waals surface area contributed by atoms with Crippen molar-refractivity contribution in [3.8, 4) is 0 Å². The second kappa shape index (κ2) is 26.4. The molecule has 4 unspecified atom stereocenters. The fourth-order valence-corrected chi connectivity index (χ4v) is 2.71. The molecule has 16 nitrogen and oxygen atoms in total. The molecule has 4 atom stereocenters. The second-order valence-corrected chi connectivity index (χ2v) is 8.56. The smallest absolute Gasteiger partial charge is 0.327 e. The average molecular weight is 653 g/mol. The number of amides is 4. The molecule has 0 radical (unpaired) electrons. The van der Waals surface area contributed by atoms with Gasteiger partial charge in [0.1, 0.15) is 24.2 Å². The lowest BCUT2D eigenvalue weighted by Crippen LogP contribution is -2.40. The molecule has 4 amide bonds. The Bertz CT molecular complexity index is 727. The first-order valence-electron chi connectivity index (χ1n) is 10.7. The van der Waals surface area contributed by atoms with Gasteiger partial charge in [0, 0.05) is 50.7 Å². The number of carboxylic acids is 4. The minimum absolute atomic E-state index is 0.106. The van der Waals surface area contributed by atoms with Gasteiger partial charge in [-0.1, -0.05) is 0 Å². The Labute approximate surface area is 252 Å². The van der Waals surface area contributed by atoms with Crippen LogP contribution >= 0.6 is 50.5 Å². The summed E-state index contributed by atoms with van der Waals surface area (Å²) >= 11 is 14.9. The molecule has 8 N–H and O–H groups in total. The highest BCUT2D eigenvalue weighted by Crippen LogP contribution is 1.89. The van der Waals surface area contributed by atoms with Crippen LogP contribution in [0.15, 0.2) is 0 Å². The summed E-state index contributed by atoms with van der Waals surface area (Å²) < 4.78 is 0. The van der Waals surface area contributed by atoms with E-state index in [9.17, 15) is 38.4 Å². The number of carbonyl (C=O) groups excluding carboxylic acids is 4. The molecular weight excluding hydrogens is 617 g/mol. The van der Waals surface area contributed by atoms with Gasteiger partial charge in [0.05, 0.1) is 0 Å². The van der Waals surface area contributed by atoms with Gasteiger partial charge in [-0.05, 0) is 0 Å². The Morgan fingerprint density at radius 1 is 0.425 bits per heavy atom. The molecule has 0 aromatic heterocycles. The molecule has 0 fully saturated rings. The topological polar surface area (TPSA) is 266 Å². The van der Waals surface area contributed by atoms with Crippen molar-refractivity contribution in [3.05, 3.63) is 0 Å². The molecule has 232 valence electrons. The molecule has 0 saturated heterocycles. The van der Waals surface area contributed by atoms with Gasteiger partial charge in [0.2, 0.25) is 23.6 Å². The lowest BCUT2D eigenvalue weighted by atomic mass is 10.3. The Morgan fingerprint density at radius 2 is 0.550 bits per heavy atom. The van der Waals surface area contributed by atoms with E-state index in [1.165, 1.54) is 27.7 Å². The second-order valence-electron chi connectivity index (χ2n) is 7.10. The lowest BCUT2D eigenvalue weighted by molar-refractivity contribution is -0.141. The van der Waals surface area contributed by atoms with Crippen molar-refractivity contribution in [2.75, 3.05) is 23.0 Å². The molecule has 0 bridgehead atoms. The summed E-state index contributed by atoms with van der Waals surface area (Å²) in [5.74, 6) is -5.27. The maximum absolute atomic E-state index is 10.3. The summed E-state index contributed by atoms with van der Waals surface area (Å²) in [7, 11) is 0. The summed E-state index contributed by atoms with van der Waals surface area (Å²) in [6.07, 6.45) is 0. The van der Waals surface area contributed by atoms with Crippen LogP contribution in [-0.4, -0.2) is 115 Å². The molecule has 0 saturated carbocycles. The highest BCUT2D eigenvalue weighted by molar-refractivity contribution is 7.80. The fourth-order valence-electron chi connectivity index (χ4n) is 1.72. The number of hydrogen-bond acceptors (Lipinski definition) is 12. The standard InChI is InChI=1S/4C5H9NO3S/c4*1-3(7)6-4(2-10)5(8)9/h4*4,10H,2H2,1H3,(H,6,7)(H,8,9). The van der Waals surface area contributed by atoms with Gasteiger partial charge >= 0.3 is 23.9 Å². The fraction of sp³-hybridized carbons (Fsp3) is 0.600. The summed E-state index contributed by atoms with van der Waals surface area (Å²) in [6.45, 7) is 5.05. The number of aliphatic carboxylic acids is 4. The minimum atomic E-state index is -1.06. The number of carboxylic acid groups (broad SMARTS) is 4. The zero-order chi connectivity index (χ0) is 32.6. The van der Waals surface area contributed by atoms with Crippen LogP contribution in [0.4, 0.5) is 0 Å². The third kappa shape index (κ3) is 29.7. The van der Waals surface area contributed by atoms with E-state index in [4.69, 9.17) is 20.4 Å². The quantitative estimate of drug-likeness (QED) is 0.102. The Balaban J connectivity index is -0.000000216. The summed E-state index contributed by atoms with van der Waals surface area (Å²) in [6, 6.07) is -3.50. The van der Waals surface area contributed by atoms with E-state index in [1.54, 1.807) is 0 Å². The highest BCUT2D eigenvalue weighted by atomic mass is 32.1. The maximum Gasteiger partial charge on any atom is 0.327 e. The molecule has 0 aromatic rings. The highest BCUT2D eigenvalue weighted by Gasteiger charge is 2.17. The first-order chi connectivity index (χ1) is 18.3. The van der Waals surface area contributed by atoms with E-state index >= 15 is 0 Å². The molecule has 40 heavy (non-hydrogen) atoms. The van der Waals surface area contributed by atoms with Gasteiger partial charge in [0.15, 0.2) is 0 Å². The van der Waals surface area contributed by atoms with Crippen LogP contribution in [0, 0.1) is 0 Å². The minimum Gasteiger partial charge on any atom is -0.480 e. The molecule has 20 heteroatoms. The summed E-state index contributed by atoms with van der Waals surface area (Å²) in [5.41, 5.74) is 0. The first-order valence-corrected chi connectivity index (χ1v) is 13.3. The van der Waals surface area contributed by atoms with Crippen molar-refractivity contribution in [3.63, 3.8) is 0 Å². The van der Waals surface area contributed by atoms with Crippen LogP contribution in [0.3, 0.4) is 0 Å². The predicted octanol–water partition coefficient (Wildman–Crippen LogP) is -1.98. The SMILES string of the molecule is CC(=O)NC(CS)C(=O)O.CC(=O)NC(CS)C(=O)O.CC(=O)NC(CS)C(=O)O.CC(=O)NC(CS)C(=O)O. The number of carbonyl (C=O) groups is 8. The molecule has 0 aliphatic heterocycles. The molecule has 0 aliphatic rings. The van der Waals surface area contributed by atoms with Crippen molar-refractivity contribution < 1.29 is 58.8 Å². The van der Waals surface area contributed by atoms with E-state index in [0.29, 0.717) is 0 Å². The van der Waals surface area contributed by atoms with Gasteiger partial charge in [-0.3, -0.25) is 19.2 Å². The van der Waals surface area contributed by atoms with Crippen molar-refractivity contribution in [1.29, 1.82) is 0 Å². The largest absolute Gasteiger partial charge is 0.480 e. The Kier molecular flexibility index (Phi) is 29.1. The van der Waals surface area contributed by atoms with Crippen LogP contribution < -0.4 is 21.3 Å². The lowest BCUT2D eigenvalue weighted by Gasteiger charge is -2.08. The van der Waals surface area contributed by atoms with Gasteiger partial charge in [0.25, 0.3) is 0 Å². The first kappa shape index (κ1) is 44.2. The van der Waals surface area contributed by atoms with Gasteiger partial charge in [-0.25, -0.2) is 19.2 Å². The third-order valence-corrected chi connectivity index (χ3v) is 4.89. The van der Waals surface area contributed by atoms with Crippen LogP contribution in [0.2, 0.25) is 0 Å². The third-order valence-electron chi connectivity index (χ3n) is 3.43. The van der Waals surface area contributed by atoms with Crippen LogP contribution in [0.25, 0.3) is 0 Å². The zero-order valence-corrected chi connectivity index (χ0v) is 25.6. The summed E-state index contributed by atoms with van der Waals surface area (Å²) in [4.78, 5) is 82.0. The number of rotatable bonds is 12. The molecule has 0 aliphatic carbocycles. The van der Waals surface area contributed by atoms with E-state index in [2.05, 4.69) is 71.8 Å². The van der Waals surface area contributed by atoms with E-state index in [-0.39, 0.29) is 46.6 Å². The van der Waals surface area contributed by atoms with Crippen LogP contribution in [-0.2, 0) is 38.4 Å². The Morgan fingerprint density at radius 3 is 0.575 bits per heavy atom. The van der Waals surface area contributed by atoms with Crippen LogP contribution in [0.5, 0.6) is 0 Å². The monoisotopic (exact) mass is 652 g/mol. The predicted molar refractivity (Wildman–Crippen MR) is 156 cm³/mol. The zero-order valence-electron chi connectivity index (χ0n) is 22.0. The normalized spacial score (nSPS) is 12.2. The molecule has 0 rings (SSSR count). The van der Waals surface area contributed by atoms with Crippen molar-refractivity contribution in [2.24, 2.45) is 0 Å². The van der Waals surface area contributed by atoms with E-state index < -0.39 is 48.0 Å². The molecular formula is C20H36N4O12S4. The number of nitrogens with one attached hydrogen (secondary N) is 4. The molecule has 0 heterocycles. The van der Waals surface area contributed by atoms with E-state index in [0.717, 1.165) is 0 Å². The number of thiol groups is 4. The van der Waals surface area contributed by atoms with Crippen molar-refractivity contribution in [1.82, 2.24) is 21.3 Å². The average Bonchev–Trinajstić information content (AvgIpc) is 2.82. The van der Waals surface area contributed by atoms with Crippen molar-refractivity contribution in [2.45, 2.75) is 51.9 Å². The molecule has 0 aromatic carbocycles. The van der Waals surface area contributed by atoms with Gasteiger partial charge < -0.3 is 41.7 Å². The van der Waals surface area contributed by atoms with Gasteiger partial charge in [-0.2, -0.15) is 50.5 Å². The van der Waals surface area contributed by atoms with E-state index in [1.807, 2.05) is 0 Å². The van der Waals surface area contributed by atoms with Crippen LogP contribution in [0.1, 0.15) is 27.7 Å². The summed E-state index contributed by atoms with van der Waals surface area (Å²) in [5, 5.41) is 42.3. The Hall–Kier alpha value is -2.84. The maximum atomic E-state index is 10.3. The number of hydrogen-bond donors (Lipinski definition) is 12. The molecule has 0 spiro atoms. The van der Waals surface area contributed by atoms with Gasteiger partial charge in [-0.15, -0.1) is 0 Å². The van der Waals surface area contributed by atoms with Crippen molar-refractivity contribution >= 4 is 98.0 Å².